The molecule has 0 bridgehead atoms. The van der Waals surface area contributed by atoms with Gasteiger partial charge in [-0.25, -0.2) is 21.6 Å². The third-order valence-electron chi connectivity index (χ3n) is 6.25. The van der Waals surface area contributed by atoms with E-state index in [4.69, 9.17) is 0 Å². The van der Waals surface area contributed by atoms with E-state index in [1.54, 1.807) is 4.31 Å². The molecule has 4 rings (SSSR count). The minimum Gasteiger partial charge on any atom is -0.298 e. The highest BCUT2D eigenvalue weighted by Crippen LogP contribution is 2.26. The number of nitrogens with one attached hydrogen (secondary N) is 1. The van der Waals surface area contributed by atoms with Crippen LogP contribution in [0, 0.1) is 0 Å². The monoisotopic (exact) mass is 427 g/mol. The Hall–Kier alpha value is -1.00. The normalized spacial score (nSPS) is 25.6. The highest BCUT2D eigenvalue weighted by molar-refractivity contribution is 7.89. The lowest BCUT2D eigenvalue weighted by atomic mass is 9.96. The van der Waals surface area contributed by atoms with Crippen molar-refractivity contribution < 1.29 is 16.8 Å². The molecule has 1 N–H and O–H groups in total. The molecule has 2 heterocycles. The minimum atomic E-state index is -3.62. The summed E-state index contributed by atoms with van der Waals surface area (Å²) in [6.45, 7) is 2.83. The molecule has 9 heteroatoms. The van der Waals surface area contributed by atoms with Crippen molar-refractivity contribution in [2.24, 2.45) is 0 Å². The summed E-state index contributed by atoms with van der Waals surface area (Å²) in [5.41, 5.74) is 0. The van der Waals surface area contributed by atoms with Crippen LogP contribution in [0.3, 0.4) is 0 Å². The van der Waals surface area contributed by atoms with Crippen LogP contribution in [0.1, 0.15) is 44.9 Å². The van der Waals surface area contributed by atoms with Crippen molar-refractivity contribution in [1.82, 2.24) is 13.9 Å². The molecule has 0 amide bonds. The maximum absolute atomic E-state index is 13.0. The van der Waals surface area contributed by atoms with Gasteiger partial charge < -0.3 is 0 Å². The van der Waals surface area contributed by atoms with E-state index in [0.29, 0.717) is 19.1 Å². The van der Waals surface area contributed by atoms with E-state index in [1.807, 2.05) is 0 Å². The zero-order valence-corrected chi connectivity index (χ0v) is 17.7. The van der Waals surface area contributed by atoms with Gasteiger partial charge in [-0.05, 0) is 56.5 Å². The Morgan fingerprint density at radius 1 is 0.786 bits per heavy atom. The van der Waals surface area contributed by atoms with Gasteiger partial charge in [0.05, 0.1) is 9.79 Å². The first-order chi connectivity index (χ1) is 13.4. The van der Waals surface area contributed by atoms with Crippen LogP contribution < -0.4 is 4.72 Å². The third-order valence-corrected chi connectivity index (χ3v) is 9.66. The van der Waals surface area contributed by atoms with Crippen molar-refractivity contribution in [3.8, 4) is 0 Å². The predicted octanol–water partition coefficient (Wildman–Crippen LogP) is 1.77. The van der Waals surface area contributed by atoms with Crippen molar-refractivity contribution in [2.45, 2.75) is 66.8 Å². The second kappa shape index (κ2) is 8.02. The van der Waals surface area contributed by atoms with E-state index in [0.717, 1.165) is 58.0 Å². The first-order valence-corrected chi connectivity index (χ1v) is 13.2. The van der Waals surface area contributed by atoms with Gasteiger partial charge in [-0.1, -0.05) is 19.3 Å². The molecule has 28 heavy (non-hydrogen) atoms. The average molecular weight is 428 g/mol. The first kappa shape index (κ1) is 20.3. The second-order valence-electron chi connectivity index (χ2n) is 8.12. The smallest absolute Gasteiger partial charge is 0.243 e. The fraction of sp³-hybridized carbons (Fsp3) is 0.684. The Morgan fingerprint density at radius 3 is 2.18 bits per heavy atom. The Kier molecular flexibility index (Phi) is 5.81. The van der Waals surface area contributed by atoms with Crippen LogP contribution in [0.4, 0.5) is 0 Å². The van der Waals surface area contributed by atoms with E-state index >= 15 is 0 Å². The van der Waals surface area contributed by atoms with Gasteiger partial charge in [0.15, 0.2) is 0 Å². The summed E-state index contributed by atoms with van der Waals surface area (Å²) < 4.78 is 55.5. The summed E-state index contributed by atoms with van der Waals surface area (Å²) in [6, 6.07) is 5.94. The summed E-state index contributed by atoms with van der Waals surface area (Å²) in [7, 11) is -7.22. The Labute approximate surface area is 168 Å². The summed E-state index contributed by atoms with van der Waals surface area (Å²) in [4.78, 5) is 2.65. The highest BCUT2D eigenvalue weighted by Gasteiger charge is 2.36. The lowest BCUT2D eigenvalue weighted by Gasteiger charge is -2.36. The number of sulfonamides is 2. The fourth-order valence-electron chi connectivity index (χ4n) is 4.63. The molecule has 3 aliphatic rings. The van der Waals surface area contributed by atoms with Crippen LogP contribution in [0.15, 0.2) is 34.1 Å². The van der Waals surface area contributed by atoms with Gasteiger partial charge in [0.1, 0.15) is 0 Å². The SMILES string of the molecule is O=S(=O)(NC1CCCCC1)c1ccc(S(=O)(=O)N2CCN3CCC[C@@H]3C2)cc1. The quantitative estimate of drug-likeness (QED) is 0.774. The Morgan fingerprint density at radius 2 is 1.46 bits per heavy atom. The minimum absolute atomic E-state index is 0.0233. The Bertz CT molecular complexity index is 894. The number of hydrogen-bond acceptors (Lipinski definition) is 5. The number of hydrogen-bond donors (Lipinski definition) is 1. The molecular formula is C19H29N3O4S2. The maximum Gasteiger partial charge on any atom is 0.243 e. The summed E-state index contributed by atoms with van der Waals surface area (Å²) >= 11 is 0. The zero-order chi connectivity index (χ0) is 19.8. The molecule has 0 unspecified atom stereocenters. The number of fused-ring (bicyclic) bond motifs is 1. The molecular weight excluding hydrogens is 398 g/mol. The lowest BCUT2D eigenvalue weighted by molar-refractivity contribution is 0.158. The molecule has 1 saturated carbocycles. The number of benzene rings is 1. The molecule has 0 spiro atoms. The Balaban J connectivity index is 1.47. The molecule has 0 aromatic heterocycles. The van der Waals surface area contributed by atoms with Gasteiger partial charge in [0, 0.05) is 31.7 Å². The van der Waals surface area contributed by atoms with E-state index in [2.05, 4.69) is 9.62 Å². The van der Waals surface area contributed by atoms with Crippen molar-refractivity contribution >= 4 is 20.0 Å². The van der Waals surface area contributed by atoms with Crippen molar-refractivity contribution in [3.05, 3.63) is 24.3 Å². The first-order valence-electron chi connectivity index (χ1n) is 10.2. The molecule has 3 fully saturated rings. The van der Waals surface area contributed by atoms with E-state index < -0.39 is 20.0 Å². The van der Waals surface area contributed by atoms with Gasteiger partial charge in [-0.15, -0.1) is 0 Å². The standard InChI is InChI=1S/C19H29N3O4S2/c23-27(24,20-16-5-2-1-3-6-16)18-8-10-19(11-9-18)28(25,26)22-14-13-21-12-4-7-17(21)15-22/h8-11,16-17,20H,1-7,12-15H2/t17-/m1/s1. The fourth-order valence-corrected chi connectivity index (χ4v) is 7.40. The van der Waals surface area contributed by atoms with Gasteiger partial charge in [-0.3, -0.25) is 4.90 Å². The topological polar surface area (TPSA) is 86.8 Å². The summed E-state index contributed by atoms with van der Waals surface area (Å²) in [6.07, 6.45) is 7.12. The maximum atomic E-state index is 13.0. The molecule has 1 aromatic rings. The lowest BCUT2D eigenvalue weighted by Crippen LogP contribution is -2.51. The van der Waals surface area contributed by atoms with Crippen molar-refractivity contribution in [1.29, 1.82) is 0 Å². The molecule has 156 valence electrons. The average Bonchev–Trinajstić information content (AvgIpc) is 3.16. The van der Waals surface area contributed by atoms with Crippen LogP contribution in [0.5, 0.6) is 0 Å². The molecule has 0 radical (unpaired) electrons. The molecule has 2 aliphatic heterocycles. The van der Waals surface area contributed by atoms with Crippen LogP contribution in [-0.2, 0) is 20.0 Å². The number of nitrogens with zero attached hydrogens (tertiary/aromatic N) is 2. The summed E-state index contributed by atoms with van der Waals surface area (Å²) in [5.74, 6) is 0. The van der Waals surface area contributed by atoms with Crippen LogP contribution >= 0.6 is 0 Å². The van der Waals surface area contributed by atoms with Crippen LogP contribution in [-0.4, -0.2) is 64.3 Å². The van der Waals surface area contributed by atoms with E-state index in [-0.39, 0.29) is 15.8 Å². The van der Waals surface area contributed by atoms with Crippen LogP contribution in [0.2, 0.25) is 0 Å². The molecule has 2 saturated heterocycles. The number of rotatable bonds is 5. The number of piperazine rings is 1. The van der Waals surface area contributed by atoms with Gasteiger partial charge >= 0.3 is 0 Å². The largest absolute Gasteiger partial charge is 0.298 e. The predicted molar refractivity (Wildman–Crippen MR) is 107 cm³/mol. The van der Waals surface area contributed by atoms with Gasteiger partial charge in [0.25, 0.3) is 0 Å². The zero-order valence-electron chi connectivity index (χ0n) is 16.1. The van der Waals surface area contributed by atoms with E-state index in [9.17, 15) is 16.8 Å². The highest BCUT2D eigenvalue weighted by atomic mass is 32.2. The molecule has 7 nitrogen and oxygen atoms in total. The summed E-state index contributed by atoms with van der Waals surface area (Å²) in [5, 5.41) is 0. The van der Waals surface area contributed by atoms with Gasteiger partial charge in [-0.2, -0.15) is 4.31 Å². The van der Waals surface area contributed by atoms with Crippen molar-refractivity contribution in [3.63, 3.8) is 0 Å². The molecule has 1 atom stereocenters. The second-order valence-corrected chi connectivity index (χ2v) is 11.8. The molecule has 1 aliphatic carbocycles. The third kappa shape index (κ3) is 4.14. The van der Waals surface area contributed by atoms with Crippen LogP contribution in [0.25, 0.3) is 0 Å². The van der Waals surface area contributed by atoms with E-state index in [1.165, 1.54) is 24.3 Å². The van der Waals surface area contributed by atoms with Gasteiger partial charge in [0.2, 0.25) is 20.0 Å². The molecule has 1 aromatic carbocycles. The van der Waals surface area contributed by atoms with Crippen molar-refractivity contribution in [2.75, 3.05) is 26.2 Å².